The Balaban J connectivity index is 1.66. The number of ketones is 1. The zero-order valence-corrected chi connectivity index (χ0v) is 21.3. The van der Waals surface area contributed by atoms with Crippen molar-refractivity contribution < 1.29 is 24.2 Å². The van der Waals surface area contributed by atoms with Crippen molar-refractivity contribution in [3.05, 3.63) is 101 Å². The van der Waals surface area contributed by atoms with Gasteiger partial charge in [-0.2, -0.15) is 0 Å². The minimum Gasteiger partial charge on any atom is -0.507 e. The average Bonchev–Trinajstić information content (AvgIpc) is 3.45. The Morgan fingerprint density at radius 3 is 2.49 bits per heavy atom. The molecule has 3 aromatic carbocycles. The van der Waals surface area contributed by atoms with E-state index in [0.717, 1.165) is 4.70 Å². The molecule has 0 spiro atoms. The Labute approximate surface area is 221 Å². The van der Waals surface area contributed by atoms with Crippen LogP contribution in [0, 0.1) is 0 Å². The highest BCUT2D eigenvalue weighted by molar-refractivity contribution is 7.22. The van der Waals surface area contributed by atoms with Crippen molar-refractivity contribution in [2.45, 2.75) is 6.04 Å². The summed E-state index contributed by atoms with van der Waals surface area (Å²) in [6, 6.07) is 17.9. The molecule has 1 unspecified atom stereocenters. The number of carbonyl (C=O) groups is 2. The van der Waals surface area contributed by atoms with Crippen molar-refractivity contribution in [1.29, 1.82) is 0 Å². The summed E-state index contributed by atoms with van der Waals surface area (Å²) in [5.74, 6) is -0.674. The number of amides is 1. The fraction of sp³-hybridized carbons (Fsp3) is 0.107. The summed E-state index contributed by atoms with van der Waals surface area (Å²) >= 11 is 7.39. The summed E-state index contributed by atoms with van der Waals surface area (Å²) in [4.78, 5) is 32.7. The van der Waals surface area contributed by atoms with E-state index >= 15 is 0 Å². The molecule has 4 aromatic rings. The topological polar surface area (TPSA) is 89.0 Å². The number of Topliss-reactive ketones (excluding diaryl/α,β-unsaturated/α-hetero) is 1. The van der Waals surface area contributed by atoms with Gasteiger partial charge in [-0.05, 0) is 60.2 Å². The smallest absolute Gasteiger partial charge is 0.301 e. The van der Waals surface area contributed by atoms with E-state index in [1.54, 1.807) is 72.8 Å². The molecule has 7 nitrogen and oxygen atoms in total. The van der Waals surface area contributed by atoms with Gasteiger partial charge in [0.25, 0.3) is 5.78 Å². The number of thiazole rings is 1. The molecule has 1 atom stereocenters. The first-order valence-corrected chi connectivity index (χ1v) is 12.5. The molecule has 1 fully saturated rings. The number of aliphatic hydroxyl groups is 1. The standard InChI is InChI=1S/C28H21ClN2O5S/c1-3-14-36-20-11-4-16(5-12-20)24-23(25(32)17-6-9-19(35-2)10-7-17)26(33)27(34)31(24)28-30-21-13-8-18(29)15-22(21)37-28/h3-13,15,24,32H,1,14H2,2H3/b25-23+. The summed E-state index contributed by atoms with van der Waals surface area (Å²) < 4.78 is 11.5. The van der Waals surface area contributed by atoms with Crippen molar-refractivity contribution in [2.24, 2.45) is 0 Å². The normalized spacial score (nSPS) is 16.8. The molecule has 1 aliphatic rings. The van der Waals surface area contributed by atoms with E-state index in [1.807, 2.05) is 0 Å². The molecular weight excluding hydrogens is 512 g/mol. The molecule has 1 aliphatic heterocycles. The molecule has 0 saturated carbocycles. The predicted octanol–water partition coefficient (Wildman–Crippen LogP) is 6.15. The van der Waals surface area contributed by atoms with Crippen molar-refractivity contribution in [2.75, 3.05) is 18.6 Å². The predicted molar refractivity (Wildman–Crippen MR) is 145 cm³/mol. The van der Waals surface area contributed by atoms with Gasteiger partial charge < -0.3 is 14.6 Å². The first-order chi connectivity index (χ1) is 17.9. The molecule has 186 valence electrons. The van der Waals surface area contributed by atoms with Gasteiger partial charge in [0, 0.05) is 10.6 Å². The molecule has 37 heavy (non-hydrogen) atoms. The summed E-state index contributed by atoms with van der Waals surface area (Å²) in [5, 5.41) is 12.1. The van der Waals surface area contributed by atoms with Gasteiger partial charge >= 0.3 is 5.91 Å². The molecular formula is C28H21ClN2O5S. The van der Waals surface area contributed by atoms with Crippen LogP contribution in [0.25, 0.3) is 16.0 Å². The van der Waals surface area contributed by atoms with Crippen molar-refractivity contribution >= 4 is 55.7 Å². The fourth-order valence-electron chi connectivity index (χ4n) is 4.14. The van der Waals surface area contributed by atoms with Gasteiger partial charge in [0.2, 0.25) is 0 Å². The van der Waals surface area contributed by atoms with Crippen LogP contribution in [-0.4, -0.2) is 35.5 Å². The van der Waals surface area contributed by atoms with E-state index < -0.39 is 17.7 Å². The lowest BCUT2D eigenvalue weighted by Gasteiger charge is -2.23. The second-order valence-electron chi connectivity index (χ2n) is 8.17. The van der Waals surface area contributed by atoms with Crippen LogP contribution in [-0.2, 0) is 9.59 Å². The number of hydrogen-bond donors (Lipinski definition) is 1. The summed E-state index contributed by atoms with van der Waals surface area (Å²) in [6.45, 7) is 3.98. The highest BCUT2D eigenvalue weighted by Crippen LogP contribution is 2.44. The van der Waals surface area contributed by atoms with Gasteiger partial charge in [-0.1, -0.05) is 47.7 Å². The first-order valence-electron chi connectivity index (χ1n) is 11.3. The number of benzene rings is 3. The molecule has 1 N–H and O–H groups in total. The summed E-state index contributed by atoms with van der Waals surface area (Å²) in [6.07, 6.45) is 1.64. The Hall–Kier alpha value is -4.14. The van der Waals surface area contributed by atoms with Crippen LogP contribution in [0.5, 0.6) is 11.5 Å². The lowest BCUT2D eigenvalue weighted by Crippen LogP contribution is -2.29. The highest BCUT2D eigenvalue weighted by Gasteiger charge is 2.48. The number of nitrogens with zero attached hydrogens (tertiary/aromatic N) is 2. The third-order valence-electron chi connectivity index (χ3n) is 5.92. The molecule has 0 aliphatic carbocycles. The third-order valence-corrected chi connectivity index (χ3v) is 7.17. The molecule has 9 heteroatoms. The molecule has 5 rings (SSSR count). The van der Waals surface area contributed by atoms with Gasteiger partial charge in [-0.15, -0.1) is 0 Å². The average molecular weight is 533 g/mol. The molecule has 2 heterocycles. The van der Waals surface area contributed by atoms with Crippen LogP contribution in [0.2, 0.25) is 5.02 Å². The van der Waals surface area contributed by atoms with Crippen LogP contribution in [0.1, 0.15) is 17.2 Å². The molecule has 1 saturated heterocycles. The SMILES string of the molecule is C=CCOc1ccc(C2/C(=C(\O)c3ccc(OC)cc3)C(=O)C(=O)N2c2nc3ccc(Cl)cc3s2)cc1. The Bertz CT molecular complexity index is 1540. The summed E-state index contributed by atoms with van der Waals surface area (Å²) in [7, 11) is 1.54. The van der Waals surface area contributed by atoms with Crippen molar-refractivity contribution in [3.8, 4) is 11.5 Å². The van der Waals surface area contributed by atoms with Crippen LogP contribution in [0.4, 0.5) is 5.13 Å². The fourth-order valence-corrected chi connectivity index (χ4v) is 5.41. The number of methoxy groups -OCH3 is 1. The van der Waals surface area contributed by atoms with E-state index in [2.05, 4.69) is 11.6 Å². The van der Waals surface area contributed by atoms with Crippen LogP contribution < -0.4 is 14.4 Å². The Morgan fingerprint density at radius 2 is 1.81 bits per heavy atom. The minimum atomic E-state index is -0.911. The number of carbonyl (C=O) groups excluding carboxylic acids is 2. The van der Waals surface area contributed by atoms with Gasteiger partial charge in [0.15, 0.2) is 5.13 Å². The second-order valence-corrected chi connectivity index (χ2v) is 9.62. The zero-order valence-electron chi connectivity index (χ0n) is 19.7. The van der Waals surface area contributed by atoms with E-state index in [9.17, 15) is 14.7 Å². The monoisotopic (exact) mass is 532 g/mol. The van der Waals surface area contributed by atoms with Gasteiger partial charge in [0.05, 0.1) is 28.9 Å². The van der Waals surface area contributed by atoms with E-state index in [0.29, 0.717) is 44.9 Å². The molecule has 0 bridgehead atoms. The number of anilines is 1. The number of aliphatic hydroxyl groups excluding tert-OH is 1. The quantitative estimate of drug-likeness (QED) is 0.133. The van der Waals surface area contributed by atoms with E-state index in [1.165, 1.54) is 23.3 Å². The highest BCUT2D eigenvalue weighted by atomic mass is 35.5. The molecule has 1 aromatic heterocycles. The number of fused-ring (bicyclic) bond motifs is 1. The van der Waals surface area contributed by atoms with Gasteiger partial charge in [-0.3, -0.25) is 14.5 Å². The maximum atomic E-state index is 13.4. The van der Waals surface area contributed by atoms with Crippen LogP contribution >= 0.6 is 22.9 Å². The number of hydrogen-bond acceptors (Lipinski definition) is 7. The number of rotatable bonds is 7. The molecule has 0 radical (unpaired) electrons. The van der Waals surface area contributed by atoms with E-state index in [4.69, 9.17) is 21.1 Å². The number of halogens is 1. The van der Waals surface area contributed by atoms with Gasteiger partial charge in [0.1, 0.15) is 23.9 Å². The van der Waals surface area contributed by atoms with Crippen molar-refractivity contribution in [1.82, 2.24) is 4.98 Å². The Morgan fingerprint density at radius 1 is 1.11 bits per heavy atom. The number of aromatic nitrogens is 1. The Kier molecular flexibility index (Phi) is 6.69. The maximum absolute atomic E-state index is 13.4. The van der Waals surface area contributed by atoms with E-state index in [-0.39, 0.29) is 11.3 Å². The second kappa shape index (κ2) is 10.1. The van der Waals surface area contributed by atoms with Crippen LogP contribution in [0.15, 0.2) is 85.0 Å². The summed E-state index contributed by atoms with van der Waals surface area (Å²) in [5.41, 5.74) is 1.60. The zero-order chi connectivity index (χ0) is 26.1. The lowest BCUT2D eigenvalue weighted by atomic mass is 9.95. The maximum Gasteiger partial charge on any atom is 0.301 e. The molecule has 1 amide bonds. The largest absolute Gasteiger partial charge is 0.507 e. The lowest BCUT2D eigenvalue weighted by molar-refractivity contribution is -0.132. The minimum absolute atomic E-state index is 0.0350. The van der Waals surface area contributed by atoms with Crippen LogP contribution in [0.3, 0.4) is 0 Å². The third kappa shape index (κ3) is 4.57. The first kappa shape index (κ1) is 24.5. The number of ether oxygens (including phenoxy) is 2. The van der Waals surface area contributed by atoms with Gasteiger partial charge in [-0.25, -0.2) is 4.98 Å². The van der Waals surface area contributed by atoms with Crippen molar-refractivity contribution in [3.63, 3.8) is 0 Å².